The zero-order valence-corrected chi connectivity index (χ0v) is 28.3. The highest BCUT2D eigenvalue weighted by molar-refractivity contribution is 6.83. The van der Waals surface area contributed by atoms with E-state index in [0.717, 1.165) is 77.4 Å². The maximum absolute atomic E-state index is 7.53. The van der Waals surface area contributed by atoms with Gasteiger partial charge in [0.1, 0.15) is 0 Å². The van der Waals surface area contributed by atoms with Crippen molar-refractivity contribution in [2.45, 2.75) is 148 Å². The SMILES string of the molecule is CCCOCCC[Si](C)(C)OC(CC)(CC)[Si](C)(C)OC(CC)(CC)[Si](C)(C)CCCOCC. The van der Waals surface area contributed by atoms with Gasteiger partial charge < -0.3 is 18.3 Å². The van der Waals surface area contributed by atoms with Crippen molar-refractivity contribution in [1.29, 1.82) is 0 Å². The van der Waals surface area contributed by atoms with Crippen LogP contribution in [0, 0.1) is 0 Å². The van der Waals surface area contributed by atoms with Gasteiger partial charge in [-0.3, -0.25) is 0 Å². The summed E-state index contributed by atoms with van der Waals surface area (Å²) in [6.07, 6.45) is 7.57. The first-order valence-electron chi connectivity index (χ1n) is 14.3. The Kier molecular flexibility index (Phi) is 15.9. The predicted molar refractivity (Wildman–Crippen MR) is 158 cm³/mol. The molecule has 0 fully saturated rings. The second-order valence-electron chi connectivity index (χ2n) is 11.8. The van der Waals surface area contributed by atoms with Gasteiger partial charge in [-0.1, -0.05) is 53.8 Å². The van der Waals surface area contributed by atoms with Crippen LogP contribution < -0.4 is 0 Å². The zero-order valence-electron chi connectivity index (χ0n) is 25.3. The molecule has 0 N–H and O–H groups in total. The molecule has 0 spiro atoms. The summed E-state index contributed by atoms with van der Waals surface area (Å²) in [7, 11) is -5.73. The van der Waals surface area contributed by atoms with Crippen molar-refractivity contribution in [3.8, 4) is 0 Å². The van der Waals surface area contributed by atoms with Crippen LogP contribution >= 0.6 is 0 Å². The molecular weight excluding hydrogens is 473 g/mol. The summed E-state index contributed by atoms with van der Waals surface area (Å²) in [5, 5.41) is -0.147. The van der Waals surface area contributed by atoms with Crippen molar-refractivity contribution in [1.82, 2.24) is 0 Å². The summed E-state index contributed by atoms with van der Waals surface area (Å²) in [6, 6.07) is 2.40. The fourth-order valence-electron chi connectivity index (χ4n) is 5.85. The Balaban J connectivity index is 5.74. The molecule has 0 aliphatic heterocycles. The van der Waals surface area contributed by atoms with E-state index >= 15 is 0 Å². The maximum atomic E-state index is 7.53. The van der Waals surface area contributed by atoms with Crippen molar-refractivity contribution in [2.75, 3.05) is 26.4 Å². The molecule has 0 aromatic heterocycles. The number of ether oxygens (including phenoxy) is 2. The molecule has 0 aliphatic rings. The molecule has 7 heteroatoms. The van der Waals surface area contributed by atoms with Crippen LogP contribution in [-0.2, 0) is 18.3 Å². The lowest BCUT2D eigenvalue weighted by atomic mass is 10.2. The number of hydrogen-bond acceptors (Lipinski definition) is 4. The molecule has 0 aliphatic carbocycles. The minimum atomic E-state index is -2.21. The standard InChI is InChI=1S/C27H62O4Si3/c1-13-21-29-23-20-25-33(9,10)30-27(16-4,17-5)34(11,12)31-26(14-2,15-3)32(7,8)24-19-22-28-18-6/h13-25H2,1-12H3. The summed E-state index contributed by atoms with van der Waals surface area (Å²) < 4.78 is 26.2. The molecule has 0 aromatic carbocycles. The van der Waals surface area contributed by atoms with E-state index < -0.39 is 24.7 Å². The van der Waals surface area contributed by atoms with E-state index in [0.29, 0.717) is 0 Å². The van der Waals surface area contributed by atoms with Crippen LogP contribution in [0.1, 0.15) is 86.5 Å². The number of rotatable bonds is 21. The predicted octanol–water partition coefficient (Wildman–Crippen LogP) is 8.58. The number of hydrogen-bond donors (Lipinski definition) is 0. The van der Waals surface area contributed by atoms with Gasteiger partial charge in [-0.05, 0) is 84.1 Å². The molecule has 0 saturated carbocycles. The molecule has 206 valence electrons. The van der Waals surface area contributed by atoms with Gasteiger partial charge in [0.25, 0.3) is 0 Å². The Morgan fingerprint density at radius 3 is 1.53 bits per heavy atom. The van der Waals surface area contributed by atoms with Crippen LogP contribution in [0.15, 0.2) is 0 Å². The quantitative estimate of drug-likeness (QED) is 0.109. The van der Waals surface area contributed by atoms with Crippen LogP contribution in [0.2, 0.25) is 51.4 Å². The van der Waals surface area contributed by atoms with Gasteiger partial charge in [0.2, 0.25) is 8.32 Å². The average molecular weight is 535 g/mol. The van der Waals surface area contributed by atoms with Crippen LogP contribution in [0.4, 0.5) is 0 Å². The summed E-state index contributed by atoms with van der Waals surface area (Å²) in [6.45, 7) is 31.8. The Labute approximate surface area is 217 Å². The van der Waals surface area contributed by atoms with Gasteiger partial charge in [-0.25, -0.2) is 0 Å². The van der Waals surface area contributed by atoms with Gasteiger partial charge >= 0.3 is 0 Å². The van der Waals surface area contributed by atoms with E-state index in [9.17, 15) is 0 Å². The van der Waals surface area contributed by atoms with Gasteiger partial charge in [-0.15, -0.1) is 0 Å². The van der Waals surface area contributed by atoms with Crippen LogP contribution in [0.3, 0.4) is 0 Å². The summed E-state index contributed by atoms with van der Waals surface area (Å²) in [5.41, 5.74) is 0. The molecule has 0 unspecified atom stereocenters. The largest absolute Gasteiger partial charge is 0.412 e. The van der Waals surface area contributed by atoms with Crippen molar-refractivity contribution >= 4 is 24.7 Å². The lowest BCUT2D eigenvalue weighted by Crippen LogP contribution is -2.68. The first kappa shape index (κ1) is 34.5. The van der Waals surface area contributed by atoms with Crippen LogP contribution in [0.25, 0.3) is 0 Å². The van der Waals surface area contributed by atoms with E-state index in [-0.39, 0.29) is 10.4 Å². The summed E-state index contributed by atoms with van der Waals surface area (Å²) >= 11 is 0. The lowest BCUT2D eigenvalue weighted by Gasteiger charge is -2.55. The van der Waals surface area contributed by atoms with E-state index in [1.165, 1.54) is 6.04 Å². The zero-order chi connectivity index (χ0) is 26.5. The molecule has 0 atom stereocenters. The van der Waals surface area contributed by atoms with Crippen molar-refractivity contribution in [2.24, 2.45) is 0 Å². The Morgan fingerprint density at radius 1 is 0.559 bits per heavy atom. The fourth-order valence-corrected chi connectivity index (χ4v) is 18.5. The van der Waals surface area contributed by atoms with E-state index in [4.69, 9.17) is 18.3 Å². The third-order valence-electron chi connectivity index (χ3n) is 8.25. The molecule has 4 nitrogen and oxygen atoms in total. The molecule has 0 amide bonds. The molecule has 0 rings (SSSR count). The molecule has 0 radical (unpaired) electrons. The first-order valence-corrected chi connectivity index (χ1v) is 23.6. The topological polar surface area (TPSA) is 36.9 Å². The summed E-state index contributed by atoms with van der Waals surface area (Å²) in [4.78, 5) is 0. The van der Waals surface area contributed by atoms with Gasteiger partial charge in [-0.2, -0.15) is 0 Å². The molecule has 0 saturated heterocycles. The highest BCUT2D eigenvalue weighted by atomic mass is 28.4. The molecule has 34 heavy (non-hydrogen) atoms. The first-order chi connectivity index (χ1) is 15.8. The monoisotopic (exact) mass is 534 g/mol. The van der Waals surface area contributed by atoms with E-state index in [1.807, 2.05) is 0 Å². The second kappa shape index (κ2) is 15.7. The Bertz CT molecular complexity index is 530. The van der Waals surface area contributed by atoms with E-state index in [1.54, 1.807) is 0 Å². The molecule has 0 heterocycles. The molecule has 0 aromatic rings. The van der Waals surface area contributed by atoms with Crippen molar-refractivity contribution in [3.63, 3.8) is 0 Å². The van der Waals surface area contributed by atoms with Crippen LogP contribution in [0.5, 0.6) is 0 Å². The highest BCUT2D eigenvalue weighted by Gasteiger charge is 2.56. The second-order valence-corrected chi connectivity index (χ2v) is 25.3. The fraction of sp³-hybridized carbons (Fsp3) is 1.00. The lowest BCUT2D eigenvalue weighted by molar-refractivity contribution is 0.0516. The van der Waals surface area contributed by atoms with Gasteiger partial charge in [0, 0.05) is 31.7 Å². The summed E-state index contributed by atoms with van der Waals surface area (Å²) in [5.74, 6) is 0. The Hall–Kier alpha value is 0.491. The smallest absolute Gasteiger partial charge is 0.217 e. The minimum Gasteiger partial charge on any atom is -0.412 e. The average Bonchev–Trinajstić information content (AvgIpc) is 2.78. The molecule has 0 bridgehead atoms. The van der Waals surface area contributed by atoms with Crippen molar-refractivity contribution < 1.29 is 18.3 Å². The van der Waals surface area contributed by atoms with Gasteiger partial charge in [0.05, 0.1) is 13.3 Å². The molecular formula is C27H62O4Si3. The normalized spacial score (nSPS) is 14.1. The third-order valence-corrected chi connectivity index (χ3v) is 19.9. The maximum Gasteiger partial charge on any atom is 0.217 e. The Morgan fingerprint density at radius 2 is 1.06 bits per heavy atom. The highest BCUT2D eigenvalue weighted by Crippen LogP contribution is 2.44. The van der Waals surface area contributed by atoms with Crippen molar-refractivity contribution in [3.05, 3.63) is 0 Å². The van der Waals surface area contributed by atoms with Crippen LogP contribution in [-0.4, -0.2) is 61.6 Å². The van der Waals surface area contributed by atoms with E-state index in [2.05, 4.69) is 80.8 Å². The van der Waals surface area contributed by atoms with Gasteiger partial charge in [0.15, 0.2) is 8.32 Å². The third kappa shape index (κ3) is 9.75. The minimum absolute atomic E-state index is 0.00637.